The van der Waals surface area contributed by atoms with Crippen LogP contribution < -0.4 is 16.2 Å². The van der Waals surface area contributed by atoms with Crippen LogP contribution in [0.5, 0.6) is 0 Å². The van der Waals surface area contributed by atoms with Gasteiger partial charge in [-0.25, -0.2) is 22.6 Å². The van der Waals surface area contributed by atoms with Crippen LogP contribution in [0.2, 0.25) is 5.02 Å². The van der Waals surface area contributed by atoms with Gasteiger partial charge in [0.25, 0.3) is 5.56 Å². The smallest absolute Gasteiger partial charge is 0.411 e. The monoisotopic (exact) mass is 695 g/mol. The first-order chi connectivity index (χ1) is 23.1. The number of anilines is 1. The number of H-pyrrole nitrogens is 1. The molecule has 0 spiro atoms. The number of piperidine rings is 1. The number of carbonyl (C=O) groups is 2. The second-order valence-electron chi connectivity index (χ2n) is 11.1. The number of aromatic amines is 1. The molecule has 1 fully saturated rings. The highest BCUT2D eigenvalue weighted by Crippen LogP contribution is 2.30. The summed E-state index contributed by atoms with van der Waals surface area (Å²) in [7, 11) is -2.14. The maximum absolute atomic E-state index is 13.4. The molecule has 1 unspecified atom stereocenters. The van der Waals surface area contributed by atoms with Crippen LogP contribution in [0, 0.1) is 5.92 Å². The van der Waals surface area contributed by atoms with E-state index >= 15 is 0 Å². The van der Waals surface area contributed by atoms with Gasteiger partial charge in [-0.3, -0.25) is 14.9 Å². The minimum Gasteiger partial charge on any atom is -0.453 e. The van der Waals surface area contributed by atoms with E-state index < -0.39 is 33.6 Å². The zero-order valence-corrected chi connectivity index (χ0v) is 27.7. The molecule has 1 saturated heterocycles. The number of nitrogens with one attached hydrogen (secondary N) is 3. The van der Waals surface area contributed by atoms with Crippen molar-refractivity contribution in [3.8, 4) is 16.8 Å². The minimum absolute atomic E-state index is 0.000394. The van der Waals surface area contributed by atoms with Gasteiger partial charge >= 0.3 is 6.09 Å². The van der Waals surface area contributed by atoms with E-state index in [9.17, 15) is 22.8 Å². The molecule has 3 heterocycles. The Kier molecular flexibility index (Phi) is 11.0. The summed E-state index contributed by atoms with van der Waals surface area (Å²) >= 11 is 6.23. The molecule has 0 aliphatic carbocycles. The predicted octanol–water partition coefficient (Wildman–Crippen LogP) is 3.57. The number of benzene rings is 2. The number of nitrogens with zero attached hydrogens (tertiary/aromatic N) is 6. The van der Waals surface area contributed by atoms with E-state index in [-0.39, 0.29) is 11.7 Å². The van der Waals surface area contributed by atoms with Crippen molar-refractivity contribution < 1.29 is 22.7 Å². The van der Waals surface area contributed by atoms with Crippen LogP contribution in [0.4, 0.5) is 10.5 Å². The topological polar surface area (TPSA) is 194 Å². The molecule has 2 atom stereocenters. The average molecular weight is 696 g/mol. The van der Waals surface area contributed by atoms with Gasteiger partial charge in [0.2, 0.25) is 15.9 Å². The summed E-state index contributed by atoms with van der Waals surface area (Å²) in [5.41, 5.74) is 2.44. The summed E-state index contributed by atoms with van der Waals surface area (Å²) in [4.78, 5) is 37.9. The van der Waals surface area contributed by atoms with Crippen LogP contribution in [-0.4, -0.2) is 81.1 Å². The first-order valence-corrected chi connectivity index (χ1v) is 17.1. The lowest BCUT2D eigenvalue weighted by Gasteiger charge is -2.33. The highest BCUT2D eigenvalue weighted by molar-refractivity contribution is 7.89. The van der Waals surface area contributed by atoms with Gasteiger partial charge in [-0.05, 0) is 90.6 Å². The molecule has 48 heavy (non-hydrogen) atoms. The third-order valence-electron chi connectivity index (χ3n) is 7.93. The van der Waals surface area contributed by atoms with Crippen LogP contribution in [0.15, 0.2) is 65.7 Å². The number of halogens is 1. The first kappa shape index (κ1) is 34.4. The van der Waals surface area contributed by atoms with E-state index in [1.165, 1.54) is 28.5 Å². The fraction of sp³-hybridized carbons (Fsp3) is 0.323. The van der Waals surface area contributed by atoms with Crippen molar-refractivity contribution in [1.82, 2.24) is 40.0 Å². The van der Waals surface area contributed by atoms with Gasteiger partial charge in [-0.2, -0.15) is 9.78 Å². The summed E-state index contributed by atoms with van der Waals surface area (Å²) in [6.45, 7) is 2.36. The molecule has 1 aliphatic rings. The molecule has 252 valence electrons. The van der Waals surface area contributed by atoms with E-state index in [1.807, 2.05) is 0 Å². The number of amides is 2. The number of tetrazole rings is 1. The fourth-order valence-electron chi connectivity index (χ4n) is 5.48. The molecule has 2 aromatic carbocycles. The van der Waals surface area contributed by atoms with Crippen molar-refractivity contribution in [2.24, 2.45) is 5.92 Å². The largest absolute Gasteiger partial charge is 0.453 e. The van der Waals surface area contributed by atoms with Crippen LogP contribution in [0.25, 0.3) is 22.9 Å². The van der Waals surface area contributed by atoms with Crippen molar-refractivity contribution in [2.45, 2.75) is 32.2 Å². The Morgan fingerprint density at radius 2 is 1.98 bits per heavy atom. The number of rotatable bonds is 11. The standard InChI is InChI=1S/C31H34ClN9O6S/c1-3-48(45,46)40-14-4-5-20(18-40)15-26(35-29(42)13-8-22-16-23(32)9-12-28(22)41-19-33-38-39-41)27-17-25(30(43)37-36-27)21-6-10-24(11-7-21)34-31(44)47-2/h6-13,16-17,19-20,26H,3-5,14-15,18H2,1-2H3,(H,34,44)(H,35,42)(H,37,43)/b13-8+/t20?,26-/m0/s1. The van der Waals surface area contributed by atoms with Gasteiger partial charge in [-0.15, -0.1) is 5.10 Å². The van der Waals surface area contributed by atoms with Crippen molar-refractivity contribution in [3.63, 3.8) is 0 Å². The Labute approximate surface area is 281 Å². The van der Waals surface area contributed by atoms with Gasteiger partial charge in [0.05, 0.1) is 35.8 Å². The second-order valence-corrected chi connectivity index (χ2v) is 13.8. The number of hydrogen-bond donors (Lipinski definition) is 3. The Morgan fingerprint density at radius 3 is 2.69 bits per heavy atom. The Bertz CT molecular complexity index is 1950. The maximum atomic E-state index is 13.4. The van der Waals surface area contributed by atoms with Crippen LogP contribution >= 0.6 is 11.6 Å². The van der Waals surface area contributed by atoms with E-state index in [2.05, 4.69) is 41.1 Å². The molecule has 1 aliphatic heterocycles. The van der Waals surface area contributed by atoms with Gasteiger partial charge in [0, 0.05) is 35.4 Å². The summed E-state index contributed by atoms with van der Waals surface area (Å²) in [6, 6.07) is 12.6. The van der Waals surface area contributed by atoms with Gasteiger partial charge < -0.3 is 10.1 Å². The zero-order chi connectivity index (χ0) is 34.3. The molecule has 0 saturated carbocycles. The van der Waals surface area contributed by atoms with Gasteiger partial charge in [0.1, 0.15) is 6.33 Å². The van der Waals surface area contributed by atoms with Crippen molar-refractivity contribution in [1.29, 1.82) is 0 Å². The van der Waals surface area contributed by atoms with E-state index in [0.717, 1.165) is 6.42 Å². The molecule has 15 nitrogen and oxygen atoms in total. The number of ether oxygens (including phenoxy) is 1. The molecule has 2 aromatic heterocycles. The molecule has 2 amide bonds. The minimum atomic E-state index is -3.39. The van der Waals surface area contributed by atoms with E-state index in [0.29, 0.717) is 64.7 Å². The number of carbonyl (C=O) groups excluding carboxylic acids is 2. The third kappa shape index (κ3) is 8.50. The quantitative estimate of drug-likeness (QED) is 0.195. The fourth-order valence-corrected chi connectivity index (χ4v) is 6.87. The van der Waals surface area contributed by atoms with Crippen LogP contribution in [0.1, 0.15) is 43.5 Å². The summed E-state index contributed by atoms with van der Waals surface area (Å²) in [6.07, 6.45) is 5.52. The molecule has 17 heteroatoms. The lowest BCUT2D eigenvalue weighted by atomic mass is 9.90. The zero-order valence-electron chi connectivity index (χ0n) is 26.2. The molecule has 0 bridgehead atoms. The SMILES string of the molecule is CCS(=O)(=O)N1CCCC(C[C@H](NC(=O)/C=C/c2cc(Cl)ccc2-n2cnnn2)c2cc(-c3ccc(NC(=O)OC)cc3)c(=O)[nH]n2)C1. The normalized spacial score (nSPS) is 16.0. The highest BCUT2D eigenvalue weighted by atomic mass is 35.5. The summed E-state index contributed by atoms with van der Waals surface area (Å²) in [5.74, 6) is -0.543. The highest BCUT2D eigenvalue weighted by Gasteiger charge is 2.30. The summed E-state index contributed by atoms with van der Waals surface area (Å²) in [5, 5.41) is 24.1. The Morgan fingerprint density at radius 1 is 1.19 bits per heavy atom. The lowest BCUT2D eigenvalue weighted by molar-refractivity contribution is -0.117. The van der Waals surface area contributed by atoms with Crippen LogP contribution in [0.3, 0.4) is 0 Å². The van der Waals surface area contributed by atoms with Gasteiger partial charge in [0.15, 0.2) is 0 Å². The molecule has 4 aromatic rings. The van der Waals surface area contributed by atoms with E-state index in [1.54, 1.807) is 61.5 Å². The number of sulfonamides is 1. The lowest BCUT2D eigenvalue weighted by Crippen LogP contribution is -2.42. The van der Waals surface area contributed by atoms with Crippen molar-refractivity contribution in [3.05, 3.63) is 87.6 Å². The Hall–Kier alpha value is -4.93. The number of hydrogen-bond acceptors (Lipinski definition) is 10. The molecule has 3 N–H and O–H groups in total. The molecular weight excluding hydrogens is 662 g/mol. The van der Waals surface area contributed by atoms with Crippen molar-refractivity contribution in [2.75, 3.05) is 31.3 Å². The van der Waals surface area contributed by atoms with Crippen molar-refractivity contribution >= 4 is 45.4 Å². The molecular formula is C31H34ClN9O6S. The molecule has 0 radical (unpaired) electrons. The second kappa shape index (κ2) is 15.3. The first-order valence-electron chi connectivity index (χ1n) is 15.1. The third-order valence-corrected chi connectivity index (χ3v) is 10.0. The van der Waals surface area contributed by atoms with Gasteiger partial charge in [-0.1, -0.05) is 23.7 Å². The van der Waals surface area contributed by atoms with Crippen LogP contribution in [-0.2, 0) is 19.6 Å². The average Bonchev–Trinajstić information content (AvgIpc) is 3.63. The summed E-state index contributed by atoms with van der Waals surface area (Å²) < 4.78 is 32.9. The molecule has 5 rings (SSSR count). The predicted molar refractivity (Wildman–Crippen MR) is 179 cm³/mol. The maximum Gasteiger partial charge on any atom is 0.411 e. The Balaban J connectivity index is 1.44. The number of methoxy groups -OCH3 is 1. The number of aromatic nitrogens is 6. The van der Waals surface area contributed by atoms with E-state index in [4.69, 9.17) is 11.6 Å².